The van der Waals surface area contributed by atoms with Crippen LogP contribution in [0.2, 0.25) is 0 Å². The number of aryl methyl sites for hydroxylation is 5. The molecule has 8 aromatic carbocycles. The Labute approximate surface area is 879 Å². The van der Waals surface area contributed by atoms with E-state index >= 15 is 0 Å². The molecule has 4 atom stereocenters. The van der Waals surface area contributed by atoms with Gasteiger partial charge in [0.05, 0.1) is 128 Å². The molecule has 0 radical (unpaired) electrons. The van der Waals surface area contributed by atoms with Crippen LogP contribution >= 0.6 is 0 Å². The fourth-order valence-corrected chi connectivity index (χ4v) is 20.9. The van der Waals surface area contributed by atoms with E-state index in [1.165, 1.54) is 29.2 Å². The number of esters is 2. The molecule has 778 valence electrons. The number of carbonyl (C=O) groups is 3. The largest absolute Gasteiger partial charge is 0.493 e. The van der Waals surface area contributed by atoms with Crippen LogP contribution in [0.3, 0.4) is 0 Å². The van der Waals surface area contributed by atoms with Gasteiger partial charge in [0, 0.05) is 128 Å². The minimum absolute atomic E-state index is 0.0834. The van der Waals surface area contributed by atoms with Crippen LogP contribution in [-0.2, 0) is 63.7 Å². The number of benzene rings is 8. The van der Waals surface area contributed by atoms with Gasteiger partial charge in [0.1, 0.15) is 66.3 Å². The molecular weight excluding hydrogens is 1880 g/mol. The second kappa shape index (κ2) is 42.5. The van der Waals surface area contributed by atoms with Gasteiger partial charge in [-0.2, -0.15) is 0 Å². The second-order valence-electron chi connectivity index (χ2n) is 45.9. The molecule has 23 nitrogen and oxygen atoms in total. The van der Waals surface area contributed by atoms with Crippen molar-refractivity contribution in [2.75, 3.05) is 52.9 Å². The molecule has 0 amide bonds. The number of ketones is 1. The van der Waals surface area contributed by atoms with E-state index in [4.69, 9.17) is 82.3 Å². The van der Waals surface area contributed by atoms with Crippen LogP contribution in [0.5, 0.6) is 23.0 Å². The highest BCUT2D eigenvalue weighted by molar-refractivity contribution is 6.13. The summed E-state index contributed by atoms with van der Waals surface area (Å²) in [5.41, 5.74) is 29.0. The van der Waals surface area contributed by atoms with E-state index in [9.17, 15) is 24.6 Å². The summed E-state index contributed by atoms with van der Waals surface area (Å²) in [6.45, 7) is 61.6. The summed E-state index contributed by atoms with van der Waals surface area (Å²) in [4.78, 5) is 76.6. The molecule has 16 aromatic rings. The molecule has 4 aliphatic rings. The number of fused-ring (bicyclic) bond motifs is 4. The molecule has 0 bridgehead atoms. The molecule has 0 unspecified atom stereocenters. The molecule has 2 N–H and O–H groups in total. The third kappa shape index (κ3) is 22.6. The van der Waals surface area contributed by atoms with Gasteiger partial charge >= 0.3 is 11.9 Å². The molecule has 8 aromatic heterocycles. The minimum atomic E-state index is -0.628. The average Bonchev–Trinajstić information content (AvgIpc) is 0.741. The molecule has 4 aliphatic heterocycles. The van der Waals surface area contributed by atoms with Gasteiger partial charge in [-0.25, -0.2) is 15.0 Å². The molecule has 0 aliphatic carbocycles. The maximum atomic E-state index is 12.9. The number of aromatic nitrogens is 8. The Kier molecular flexibility index (Phi) is 30.4. The van der Waals surface area contributed by atoms with E-state index in [0.29, 0.717) is 32.1 Å². The van der Waals surface area contributed by atoms with E-state index in [2.05, 4.69) is 112 Å². The van der Waals surface area contributed by atoms with Crippen molar-refractivity contribution in [1.82, 2.24) is 39.9 Å². The number of ether oxygens (including phenoxy) is 10. The van der Waals surface area contributed by atoms with Gasteiger partial charge in [-0.1, -0.05) is 31.4 Å². The third-order valence-corrected chi connectivity index (χ3v) is 27.3. The quantitative estimate of drug-likeness (QED) is 0.0499. The van der Waals surface area contributed by atoms with Crippen molar-refractivity contribution in [3.05, 3.63) is 273 Å². The summed E-state index contributed by atoms with van der Waals surface area (Å²) in [5.74, 6) is 2.79. The maximum absolute atomic E-state index is 12.9. The number of aliphatic hydroxyl groups is 2. The van der Waals surface area contributed by atoms with Crippen LogP contribution < -0.4 is 18.9 Å². The van der Waals surface area contributed by atoms with Gasteiger partial charge < -0.3 is 57.6 Å². The van der Waals surface area contributed by atoms with Gasteiger partial charge in [-0.05, 0) is 401 Å². The van der Waals surface area contributed by atoms with Crippen molar-refractivity contribution < 1.29 is 72.0 Å². The van der Waals surface area contributed by atoms with Crippen molar-refractivity contribution in [1.29, 1.82) is 0 Å². The number of nitrogens with zero attached hydrogens (tertiary/aromatic N) is 8. The summed E-state index contributed by atoms with van der Waals surface area (Å²) < 4.78 is 61.8. The number of hydrogen-bond donors (Lipinski definition) is 2. The topological polar surface area (TPSA) is 287 Å². The Balaban J connectivity index is 0.000000136. The standard InChI is InChI=1S/C35H40N2O4.C33H38N2O4.C30H32N2O3.C29H30N2O4/c1-20(2)25-12-10-23-26(37-25)18-21(3)29(28(41-35(7,8)9)19-40-33(38)34(4,5)6)31(23)24-11-13-27-30-22(15-17-39-27)14-16-36-32(24)30;1-19-17-24-22(10-9-20(2)35-24)29(23-11-12-25-28-21(14-16-37-25)13-15-34-30(23)28)27(19)26(39-33(6,7)8)18-38-31(36)32(3,4)5;1-17(2)22-9-7-20-23(32-22)15-18(3)26(25(16-33)35-30(4,5)6)28(20)21-8-10-24-27-19(12-14-34-24)11-13-31-29(21)27;1-16-14-22-19(6-8-21(31-22)17(2)33)27(25(16)24(15-32)35-29(3,4)5)20-7-9-23-26-18(11-13-34-23)10-12-30-28(20)26/h10-14,16,18,28H,1,15,17,19H2,2-9H3;9-13,15,17,26H,14,16,18H2,1-8H3;7-11,13,15,25,33H,1,12,14,16H2,2-6H3;6-10,12,14,24,32H,11,13,15H2,1-5H3/t28-;26-;25-;24-/m1111/s1. The molecule has 12 heterocycles. The van der Waals surface area contributed by atoms with Crippen LogP contribution in [0.25, 0.3) is 143 Å². The highest BCUT2D eigenvalue weighted by Gasteiger charge is 2.38. The fourth-order valence-electron chi connectivity index (χ4n) is 20.9. The number of Topliss-reactive ketones (excluding diaryl/α,β-unsaturated/α-hetero) is 1. The van der Waals surface area contributed by atoms with Crippen molar-refractivity contribution in [3.63, 3.8) is 0 Å². The number of hydrogen-bond acceptors (Lipinski definition) is 23. The summed E-state index contributed by atoms with van der Waals surface area (Å²) >= 11 is 0. The molecule has 20 rings (SSSR count). The van der Waals surface area contributed by atoms with Gasteiger partial charge in [0.25, 0.3) is 0 Å². The first kappa shape index (κ1) is 107. The lowest BCUT2D eigenvalue weighted by molar-refractivity contribution is -0.162. The first-order valence-electron chi connectivity index (χ1n) is 51.9. The predicted molar refractivity (Wildman–Crippen MR) is 599 cm³/mol. The molecule has 0 saturated carbocycles. The van der Waals surface area contributed by atoms with Crippen molar-refractivity contribution in [2.24, 2.45) is 10.8 Å². The van der Waals surface area contributed by atoms with Crippen LogP contribution in [0.15, 0.2) is 184 Å². The number of rotatable bonds is 21. The maximum Gasteiger partial charge on any atom is 0.311 e. The lowest BCUT2D eigenvalue weighted by Gasteiger charge is -2.31. The van der Waals surface area contributed by atoms with Gasteiger partial charge in [0.2, 0.25) is 0 Å². The number of pyridine rings is 8. The normalized spacial score (nSPS) is 14.2. The van der Waals surface area contributed by atoms with E-state index in [0.717, 1.165) is 253 Å². The van der Waals surface area contributed by atoms with E-state index in [1.807, 2.05) is 244 Å². The molecule has 0 spiro atoms. The Morgan fingerprint density at radius 2 is 0.587 bits per heavy atom. The lowest BCUT2D eigenvalue weighted by Crippen LogP contribution is -2.30. The average molecular weight is 2020 g/mol. The third-order valence-electron chi connectivity index (χ3n) is 27.3. The fraction of sp³-hybridized carbons (Fsp3) is 0.378. The molecule has 23 heteroatoms. The second-order valence-corrected chi connectivity index (χ2v) is 45.9. The van der Waals surface area contributed by atoms with E-state index < -0.39 is 57.7 Å². The SMILES string of the molecule is C=C(C)c1ccc2c(-c3ccc4c5c(ccnc35)CCO4)c([C@@H](CO)OC(C)(C)C)c(C)cc2n1.C=C(C)c1ccc2c(-c3ccc4c5c(ccnc35)CCO4)c([C@@H](COC(=O)C(C)(C)C)OC(C)(C)C)c(C)cc2n1.CC(=O)c1ccc2c(-c3ccc4c5c(ccnc35)CCO4)c([C@@H](CO)OC(C)(C)C)c(C)cc2n1.Cc1ccc2c(-c3ccc4c5c(ccnc35)CCO4)c([C@@H](COC(=O)C(C)(C)C)OC(C)(C)C)c(C)cc2n1. The van der Waals surface area contributed by atoms with E-state index in [1.54, 1.807) is 6.07 Å². The Morgan fingerprint density at radius 1 is 0.333 bits per heavy atom. The van der Waals surface area contributed by atoms with E-state index in [-0.39, 0.29) is 44.1 Å². The molecular formula is C127H140N8O15. The highest BCUT2D eigenvalue weighted by Crippen LogP contribution is 2.53. The summed E-state index contributed by atoms with van der Waals surface area (Å²) in [7, 11) is 0. The summed E-state index contributed by atoms with van der Waals surface area (Å²) in [6, 6.07) is 49.0. The summed E-state index contributed by atoms with van der Waals surface area (Å²) in [5, 5.41) is 29.0. The highest BCUT2D eigenvalue weighted by atomic mass is 16.6. The number of allylic oxidation sites excluding steroid dienone is 2. The number of aliphatic hydroxyl groups excluding tert-OH is 2. The zero-order chi connectivity index (χ0) is 108. The molecule has 0 fully saturated rings. The zero-order valence-electron chi connectivity index (χ0n) is 91.7. The first-order chi connectivity index (χ1) is 70.9. The van der Waals surface area contributed by atoms with Gasteiger partial charge in [-0.3, -0.25) is 39.3 Å². The predicted octanol–water partition coefficient (Wildman–Crippen LogP) is 27.9. The van der Waals surface area contributed by atoms with Gasteiger partial charge in [0.15, 0.2) is 5.78 Å². The van der Waals surface area contributed by atoms with Crippen molar-refractivity contribution >= 4 is 116 Å². The Morgan fingerprint density at radius 3 is 0.847 bits per heavy atom. The summed E-state index contributed by atoms with van der Waals surface area (Å²) in [6.07, 6.45) is 8.75. The minimum Gasteiger partial charge on any atom is -0.493 e. The van der Waals surface area contributed by atoms with Crippen LogP contribution in [0, 0.1) is 45.4 Å². The number of carbonyl (C=O) groups excluding carboxylic acids is 3. The monoisotopic (exact) mass is 2020 g/mol. The Hall–Kier alpha value is -13.9. The Bertz CT molecular complexity index is 7800. The van der Waals surface area contributed by atoms with Crippen LogP contribution in [0.1, 0.15) is 264 Å². The van der Waals surface area contributed by atoms with Crippen molar-refractivity contribution in [2.45, 2.75) is 253 Å². The molecule has 0 saturated heterocycles. The van der Waals surface area contributed by atoms with Crippen LogP contribution in [0.4, 0.5) is 0 Å². The van der Waals surface area contributed by atoms with Crippen LogP contribution in [-0.4, -0.2) is 143 Å². The first-order valence-corrected chi connectivity index (χ1v) is 51.9. The zero-order valence-corrected chi connectivity index (χ0v) is 91.7. The molecule has 150 heavy (non-hydrogen) atoms. The smallest absolute Gasteiger partial charge is 0.311 e. The lowest BCUT2D eigenvalue weighted by atomic mass is 9.86. The van der Waals surface area contributed by atoms with Gasteiger partial charge in [-0.15, -0.1) is 0 Å². The van der Waals surface area contributed by atoms with Crippen molar-refractivity contribution in [3.8, 4) is 67.5 Å².